The summed E-state index contributed by atoms with van der Waals surface area (Å²) in [6.07, 6.45) is 0.355. The van der Waals surface area contributed by atoms with E-state index in [0.29, 0.717) is 30.9 Å². The number of rotatable bonds is 8. The lowest BCUT2D eigenvalue weighted by atomic mass is 10.0. The molecule has 112 valence electrons. The number of ether oxygens (including phenoxy) is 3. The number of hydrogen-bond acceptors (Lipinski definition) is 5. The van der Waals surface area contributed by atoms with E-state index in [-0.39, 0.29) is 12.4 Å². The minimum atomic E-state index is -0.718. The molecule has 0 radical (unpaired) electrons. The van der Waals surface area contributed by atoms with Gasteiger partial charge in [0.25, 0.3) is 0 Å². The van der Waals surface area contributed by atoms with Crippen molar-refractivity contribution in [1.29, 1.82) is 0 Å². The molecule has 0 aliphatic carbocycles. The van der Waals surface area contributed by atoms with E-state index in [9.17, 15) is 9.90 Å². The third-order valence-corrected chi connectivity index (χ3v) is 2.94. The monoisotopic (exact) mass is 282 g/mol. The zero-order valence-corrected chi connectivity index (χ0v) is 12.2. The maximum atomic E-state index is 11.3. The molecule has 0 fully saturated rings. The average Bonchev–Trinajstić information content (AvgIpc) is 2.44. The molecule has 20 heavy (non-hydrogen) atoms. The number of methoxy groups -OCH3 is 2. The molecule has 0 aliphatic heterocycles. The molecule has 0 aliphatic rings. The van der Waals surface area contributed by atoms with Crippen molar-refractivity contribution in [2.24, 2.45) is 0 Å². The number of aliphatic hydroxyl groups excluding tert-OH is 1. The number of carbonyl (C=O) groups excluding carboxylic acids is 1. The zero-order chi connectivity index (χ0) is 15.0. The quantitative estimate of drug-likeness (QED) is 0.738. The first-order chi connectivity index (χ1) is 9.62. The van der Waals surface area contributed by atoms with Crippen LogP contribution >= 0.6 is 0 Å². The fourth-order valence-corrected chi connectivity index (χ4v) is 1.99. The van der Waals surface area contributed by atoms with Gasteiger partial charge in [0, 0.05) is 0 Å². The molecule has 0 bridgehead atoms. The number of benzene rings is 1. The van der Waals surface area contributed by atoms with E-state index in [0.717, 1.165) is 5.56 Å². The second-order valence-corrected chi connectivity index (χ2v) is 4.35. The highest BCUT2D eigenvalue weighted by Gasteiger charge is 2.14. The van der Waals surface area contributed by atoms with Gasteiger partial charge in [-0.05, 0) is 31.4 Å². The Hall–Kier alpha value is -1.75. The van der Waals surface area contributed by atoms with Crippen LogP contribution in [0.2, 0.25) is 0 Å². The van der Waals surface area contributed by atoms with E-state index in [4.69, 9.17) is 14.2 Å². The molecule has 0 heterocycles. The summed E-state index contributed by atoms with van der Waals surface area (Å²) in [4.78, 5) is 11.3. The van der Waals surface area contributed by atoms with Crippen LogP contribution < -0.4 is 9.47 Å². The van der Waals surface area contributed by atoms with E-state index < -0.39 is 6.10 Å². The minimum Gasteiger partial charge on any atom is -0.493 e. The molecule has 1 rings (SSSR count). The van der Waals surface area contributed by atoms with Crippen molar-refractivity contribution in [3.63, 3.8) is 0 Å². The summed E-state index contributed by atoms with van der Waals surface area (Å²) in [5.41, 5.74) is 0.940. The van der Waals surface area contributed by atoms with Gasteiger partial charge in [-0.3, -0.25) is 4.79 Å². The van der Waals surface area contributed by atoms with E-state index in [1.54, 1.807) is 21.1 Å². The van der Waals surface area contributed by atoms with E-state index in [1.165, 1.54) is 0 Å². The molecular formula is C15H22O5. The van der Waals surface area contributed by atoms with Gasteiger partial charge in [-0.15, -0.1) is 0 Å². The van der Waals surface area contributed by atoms with Crippen molar-refractivity contribution in [3.8, 4) is 11.5 Å². The van der Waals surface area contributed by atoms with Gasteiger partial charge in [-0.25, -0.2) is 0 Å². The van der Waals surface area contributed by atoms with Gasteiger partial charge in [-0.1, -0.05) is 12.1 Å². The van der Waals surface area contributed by atoms with Crippen molar-refractivity contribution in [3.05, 3.63) is 23.8 Å². The van der Waals surface area contributed by atoms with Crippen LogP contribution in [-0.4, -0.2) is 38.0 Å². The molecule has 0 aromatic heterocycles. The fourth-order valence-electron chi connectivity index (χ4n) is 1.99. The van der Waals surface area contributed by atoms with Crippen LogP contribution in [0.15, 0.2) is 18.2 Å². The molecule has 1 atom stereocenters. The Balaban J connectivity index is 2.59. The van der Waals surface area contributed by atoms with Gasteiger partial charge < -0.3 is 19.3 Å². The molecule has 0 saturated carbocycles. The van der Waals surface area contributed by atoms with Gasteiger partial charge in [-0.2, -0.15) is 0 Å². The van der Waals surface area contributed by atoms with Gasteiger partial charge in [0.1, 0.15) is 0 Å². The number of esters is 1. The maximum absolute atomic E-state index is 11.3. The average molecular weight is 282 g/mol. The molecule has 1 N–H and O–H groups in total. The second kappa shape index (κ2) is 8.43. The Morgan fingerprint density at radius 1 is 1.30 bits per heavy atom. The normalized spacial score (nSPS) is 11.8. The predicted octanol–water partition coefficient (Wildman–Crippen LogP) is 1.95. The molecule has 1 aromatic carbocycles. The minimum absolute atomic E-state index is 0.0140. The van der Waals surface area contributed by atoms with Crippen LogP contribution in [-0.2, 0) is 16.0 Å². The van der Waals surface area contributed by atoms with Crippen molar-refractivity contribution < 1.29 is 24.1 Å². The first-order valence-corrected chi connectivity index (χ1v) is 6.65. The SMILES string of the molecule is CCOC(=O)CC(O)CCc1cccc(OC)c1OC. The second-order valence-electron chi connectivity index (χ2n) is 4.35. The summed E-state index contributed by atoms with van der Waals surface area (Å²) in [6.45, 7) is 2.07. The Kier molecular flexibility index (Phi) is 6.87. The predicted molar refractivity (Wildman–Crippen MR) is 75.1 cm³/mol. The number of para-hydroxylation sites is 1. The lowest BCUT2D eigenvalue weighted by molar-refractivity contribution is -0.145. The van der Waals surface area contributed by atoms with Crippen LogP contribution in [0.1, 0.15) is 25.3 Å². The first kappa shape index (κ1) is 16.3. The number of aliphatic hydroxyl groups is 1. The highest BCUT2D eigenvalue weighted by atomic mass is 16.5. The zero-order valence-electron chi connectivity index (χ0n) is 12.2. The van der Waals surface area contributed by atoms with Crippen LogP contribution in [0.25, 0.3) is 0 Å². The third-order valence-electron chi connectivity index (χ3n) is 2.94. The number of hydrogen-bond donors (Lipinski definition) is 1. The molecule has 0 spiro atoms. The van der Waals surface area contributed by atoms with E-state index in [2.05, 4.69) is 0 Å². The first-order valence-electron chi connectivity index (χ1n) is 6.65. The largest absolute Gasteiger partial charge is 0.493 e. The van der Waals surface area contributed by atoms with Crippen molar-refractivity contribution in [2.45, 2.75) is 32.3 Å². The van der Waals surface area contributed by atoms with Crippen molar-refractivity contribution in [2.75, 3.05) is 20.8 Å². The lowest BCUT2D eigenvalue weighted by Gasteiger charge is -2.14. The Morgan fingerprint density at radius 2 is 2.05 bits per heavy atom. The van der Waals surface area contributed by atoms with Crippen LogP contribution in [0.4, 0.5) is 0 Å². The fraction of sp³-hybridized carbons (Fsp3) is 0.533. The Morgan fingerprint density at radius 3 is 2.65 bits per heavy atom. The smallest absolute Gasteiger partial charge is 0.308 e. The number of aryl methyl sites for hydroxylation is 1. The third kappa shape index (κ3) is 4.74. The number of carbonyl (C=O) groups is 1. The Labute approximate surface area is 119 Å². The molecule has 1 unspecified atom stereocenters. The Bertz CT molecular complexity index is 430. The molecule has 5 nitrogen and oxygen atoms in total. The summed E-state index contributed by atoms with van der Waals surface area (Å²) in [6, 6.07) is 5.60. The van der Waals surface area contributed by atoms with E-state index >= 15 is 0 Å². The van der Waals surface area contributed by atoms with Gasteiger partial charge in [0.05, 0.1) is 33.4 Å². The van der Waals surface area contributed by atoms with Crippen molar-refractivity contribution >= 4 is 5.97 Å². The maximum Gasteiger partial charge on any atom is 0.308 e. The van der Waals surface area contributed by atoms with Crippen LogP contribution in [0, 0.1) is 0 Å². The molecule has 0 amide bonds. The lowest BCUT2D eigenvalue weighted by Crippen LogP contribution is -2.16. The van der Waals surface area contributed by atoms with E-state index in [1.807, 2.05) is 18.2 Å². The standard InChI is InChI=1S/C15H22O5/c1-4-20-14(17)10-12(16)9-8-11-6-5-7-13(18-2)15(11)19-3/h5-7,12,16H,4,8-10H2,1-3H3. The van der Waals surface area contributed by atoms with Crippen LogP contribution in [0.5, 0.6) is 11.5 Å². The highest BCUT2D eigenvalue weighted by molar-refractivity contribution is 5.69. The van der Waals surface area contributed by atoms with Gasteiger partial charge >= 0.3 is 5.97 Å². The molecule has 0 saturated heterocycles. The highest BCUT2D eigenvalue weighted by Crippen LogP contribution is 2.31. The molecule has 5 heteroatoms. The van der Waals surface area contributed by atoms with Crippen molar-refractivity contribution in [1.82, 2.24) is 0 Å². The topological polar surface area (TPSA) is 65.0 Å². The van der Waals surface area contributed by atoms with Crippen LogP contribution in [0.3, 0.4) is 0 Å². The summed E-state index contributed by atoms with van der Waals surface area (Å²) >= 11 is 0. The van der Waals surface area contributed by atoms with Gasteiger partial charge in [0.15, 0.2) is 11.5 Å². The summed E-state index contributed by atoms with van der Waals surface area (Å²) in [5, 5.41) is 9.82. The molecular weight excluding hydrogens is 260 g/mol. The van der Waals surface area contributed by atoms with Gasteiger partial charge in [0.2, 0.25) is 0 Å². The summed E-state index contributed by atoms with van der Waals surface area (Å²) in [5.74, 6) is 0.945. The summed E-state index contributed by atoms with van der Waals surface area (Å²) < 4.78 is 15.3. The summed E-state index contributed by atoms with van der Waals surface area (Å²) in [7, 11) is 3.16. The molecule has 1 aromatic rings.